The van der Waals surface area contributed by atoms with Gasteiger partial charge in [-0.05, 0) is 38.2 Å². The van der Waals surface area contributed by atoms with Gasteiger partial charge in [-0.3, -0.25) is 0 Å². The van der Waals surface area contributed by atoms with E-state index in [1.54, 1.807) is 5.57 Å². The van der Waals surface area contributed by atoms with Gasteiger partial charge in [-0.2, -0.15) is 0 Å². The lowest BCUT2D eigenvalue weighted by Gasteiger charge is -2.16. The van der Waals surface area contributed by atoms with Crippen molar-refractivity contribution in [3.8, 4) is 0 Å². The van der Waals surface area contributed by atoms with Gasteiger partial charge in [0.05, 0.1) is 0 Å². The Morgan fingerprint density at radius 3 is 2.60 bits per heavy atom. The van der Waals surface area contributed by atoms with Gasteiger partial charge in [0, 0.05) is 0 Å². The smallest absolute Gasteiger partial charge is 0.0251 e. The van der Waals surface area contributed by atoms with Crippen LogP contribution in [0.4, 0.5) is 0 Å². The van der Waals surface area contributed by atoms with Gasteiger partial charge in [0.1, 0.15) is 0 Å². The number of hydrogen-bond donors (Lipinski definition) is 0. The molecule has 0 aromatic carbocycles. The Labute approximate surface area is 63.6 Å². The predicted molar refractivity (Wildman–Crippen MR) is 45.9 cm³/mol. The van der Waals surface area contributed by atoms with E-state index in [0.29, 0.717) is 0 Å². The van der Waals surface area contributed by atoms with E-state index in [2.05, 4.69) is 32.9 Å². The highest BCUT2D eigenvalue weighted by Crippen LogP contribution is 2.24. The maximum absolute atomic E-state index is 2.31. The van der Waals surface area contributed by atoms with Crippen molar-refractivity contribution >= 4 is 0 Å². The monoisotopic (exact) mass is 136 g/mol. The second-order valence-corrected chi connectivity index (χ2v) is 3.47. The van der Waals surface area contributed by atoms with E-state index in [9.17, 15) is 0 Å². The molecule has 0 heteroatoms. The first kappa shape index (κ1) is 7.59. The summed E-state index contributed by atoms with van der Waals surface area (Å²) in [7, 11) is 0. The van der Waals surface area contributed by atoms with E-state index in [4.69, 9.17) is 0 Å². The fourth-order valence-corrected chi connectivity index (χ4v) is 1.34. The second-order valence-electron chi connectivity index (χ2n) is 3.47. The quantitative estimate of drug-likeness (QED) is 0.479. The highest BCUT2D eigenvalue weighted by Gasteiger charge is 2.07. The third kappa shape index (κ3) is 1.73. The largest absolute Gasteiger partial charge is 0.0840 e. The lowest BCUT2D eigenvalue weighted by Crippen LogP contribution is -2.00. The molecule has 0 bridgehead atoms. The Morgan fingerprint density at radius 2 is 2.20 bits per heavy atom. The highest BCUT2D eigenvalue weighted by molar-refractivity contribution is 5.26. The summed E-state index contributed by atoms with van der Waals surface area (Å²) in [5, 5.41) is 0. The van der Waals surface area contributed by atoms with E-state index >= 15 is 0 Å². The number of allylic oxidation sites excluding steroid dienone is 4. The topological polar surface area (TPSA) is 0 Å². The van der Waals surface area contributed by atoms with Gasteiger partial charge in [0.2, 0.25) is 0 Å². The zero-order valence-electron chi connectivity index (χ0n) is 7.15. The predicted octanol–water partition coefficient (Wildman–Crippen LogP) is 3.31. The highest BCUT2D eigenvalue weighted by atomic mass is 14.1. The number of hydrogen-bond acceptors (Lipinski definition) is 0. The zero-order valence-corrected chi connectivity index (χ0v) is 7.15. The molecule has 0 saturated heterocycles. The second kappa shape index (κ2) is 3.05. The Balaban J connectivity index is 2.73. The van der Waals surface area contributed by atoms with Crippen LogP contribution in [-0.4, -0.2) is 0 Å². The third-order valence-corrected chi connectivity index (χ3v) is 2.07. The molecule has 0 heterocycles. The molecule has 1 aliphatic rings. The summed E-state index contributed by atoms with van der Waals surface area (Å²) in [6.07, 6.45) is 7.10. The van der Waals surface area contributed by atoms with Crippen LogP contribution < -0.4 is 0 Å². The van der Waals surface area contributed by atoms with Gasteiger partial charge < -0.3 is 0 Å². The van der Waals surface area contributed by atoms with E-state index in [-0.39, 0.29) is 0 Å². The molecule has 1 aliphatic carbocycles. The first-order valence-corrected chi connectivity index (χ1v) is 4.03. The van der Waals surface area contributed by atoms with Crippen molar-refractivity contribution in [1.29, 1.82) is 0 Å². The molecule has 0 aliphatic heterocycles. The SMILES string of the molecule is CC(C)=C1C=CCC(C)C1. The maximum Gasteiger partial charge on any atom is -0.0251 e. The average Bonchev–Trinajstić information content (AvgIpc) is 1.88. The van der Waals surface area contributed by atoms with Gasteiger partial charge in [-0.15, -0.1) is 0 Å². The first-order valence-electron chi connectivity index (χ1n) is 4.03. The summed E-state index contributed by atoms with van der Waals surface area (Å²) in [4.78, 5) is 0. The lowest BCUT2D eigenvalue weighted by atomic mass is 9.90. The van der Waals surface area contributed by atoms with E-state index < -0.39 is 0 Å². The van der Waals surface area contributed by atoms with Gasteiger partial charge in [0.25, 0.3) is 0 Å². The van der Waals surface area contributed by atoms with Crippen LogP contribution in [0.25, 0.3) is 0 Å². The standard InChI is InChI=1S/C10H16/c1-8(2)10-6-4-5-9(3)7-10/h4,6,9H,5,7H2,1-3H3. The third-order valence-electron chi connectivity index (χ3n) is 2.07. The van der Waals surface area contributed by atoms with Crippen LogP contribution in [0.15, 0.2) is 23.3 Å². The summed E-state index contributed by atoms with van der Waals surface area (Å²) in [5.41, 5.74) is 3.02. The molecule has 1 unspecified atom stereocenters. The molecule has 0 fully saturated rings. The van der Waals surface area contributed by atoms with Crippen LogP contribution >= 0.6 is 0 Å². The minimum Gasteiger partial charge on any atom is -0.0840 e. The fraction of sp³-hybridized carbons (Fsp3) is 0.600. The molecular formula is C10H16. The van der Waals surface area contributed by atoms with Gasteiger partial charge in [-0.25, -0.2) is 0 Å². The molecule has 56 valence electrons. The molecule has 1 atom stereocenters. The van der Waals surface area contributed by atoms with Crippen molar-refractivity contribution in [3.05, 3.63) is 23.3 Å². The number of rotatable bonds is 0. The zero-order chi connectivity index (χ0) is 7.56. The summed E-state index contributed by atoms with van der Waals surface area (Å²) in [6.45, 7) is 6.70. The molecule has 0 aromatic rings. The van der Waals surface area contributed by atoms with Crippen LogP contribution in [-0.2, 0) is 0 Å². The molecule has 0 radical (unpaired) electrons. The van der Waals surface area contributed by atoms with E-state index in [1.165, 1.54) is 18.4 Å². The van der Waals surface area contributed by atoms with Crippen molar-refractivity contribution < 1.29 is 0 Å². The summed E-state index contributed by atoms with van der Waals surface area (Å²) < 4.78 is 0. The fourth-order valence-electron chi connectivity index (χ4n) is 1.34. The molecule has 0 spiro atoms. The van der Waals surface area contributed by atoms with Crippen molar-refractivity contribution in [2.24, 2.45) is 5.92 Å². The Kier molecular flexibility index (Phi) is 2.31. The summed E-state index contributed by atoms with van der Waals surface area (Å²) in [5.74, 6) is 0.856. The molecule has 0 nitrogen and oxygen atoms in total. The molecule has 0 N–H and O–H groups in total. The lowest BCUT2D eigenvalue weighted by molar-refractivity contribution is 0.575. The normalized spacial score (nSPS) is 25.1. The van der Waals surface area contributed by atoms with Gasteiger partial charge in [0.15, 0.2) is 0 Å². The minimum absolute atomic E-state index is 0.856. The molecule has 1 rings (SSSR count). The summed E-state index contributed by atoms with van der Waals surface area (Å²) >= 11 is 0. The van der Waals surface area contributed by atoms with Crippen molar-refractivity contribution in [2.45, 2.75) is 33.6 Å². The molecule has 0 amide bonds. The van der Waals surface area contributed by atoms with Crippen LogP contribution in [0.5, 0.6) is 0 Å². The molecule has 0 saturated carbocycles. The van der Waals surface area contributed by atoms with Crippen molar-refractivity contribution in [3.63, 3.8) is 0 Å². The van der Waals surface area contributed by atoms with Gasteiger partial charge in [-0.1, -0.05) is 24.6 Å². The average molecular weight is 136 g/mol. The molecule has 10 heavy (non-hydrogen) atoms. The van der Waals surface area contributed by atoms with Gasteiger partial charge >= 0.3 is 0 Å². The van der Waals surface area contributed by atoms with Crippen LogP contribution in [0.3, 0.4) is 0 Å². The maximum atomic E-state index is 2.31. The Hall–Kier alpha value is -0.520. The minimum atomic E-state index is 0.856. The first-order chi connectivity index (χ1) is 4.70. The Bertz CT molecular complexity index is 168. The van der Waals surface area contributed by atoms with Crippen LogP contribution in [0, 0.1) is 5.92 Å². The van der Waals surface area contributed by atoms with Crippen LogP contribution in [0.1, 0.15) is 33.6 Å². The van der Waals surface area contributed by atoms with E-state index in [0.717, 1.165) is 5.92 Å². The summed E-state index contributed by atoms with van der Waals surface area (Å²) in [6, 6.07) is 0. The van der Waals surface area contributed by atoms with Crippen molar-refractivity contribution in [1.82, 2.24) is 0 Å². The molecule has 0 aromatic heterocycles. The Morgan fingerprint density at radius 1 is 1.50 bits per heavy atom. The van der Waals surface area contributed by atoms with Crippen molar-refractivity contribution in [2.75, 3.05) is 0 Å². The van der Waals surface area contributed by atoms with Crippen LogP contribution in [0.2, 0.25) is 0 Å². The molecular weight excluding hydrogens is 120 g/mol. The van der Waals surface area contributed by atoms with E-state index in [1.807, 2.05) is 0 Å².